The Kier molecular flexibility index (Phi) is 9.45. The van der Waals surface area contributed by atoms with Gasteiger partial charge in [-0.2, -0.15) is 0 Å². The van der Waals surface area contributed by atoms with E-state index in [1.165, 1.54) is 0 Å². The van der Waals surface area contributed by atoms with Gasteiger partial charge in [0.15, 0.2) is 10.6 Å². The van der Waals surface area contributed by atoms with Gasteiger partial charge < -0.3 is 25.2 Å². The van der Waals surface area contributed by atoms with Gasteiger partial charge in [0.05, 0.1) is 18.8 Å². The van der Waals surface area contributed by atoms with E-state index in [1.54, 1.807) is 23.1 Å². The van der Waals surface area contributed by atoms with Crippen LogP contribution < -0.4 is 10.6 Å². The summed E-state index contributed by atoms with van der Waals surface area (Å²) in [6.07, 6.45) is -0.881. The minimum Gasteiger partial charge on any atom is -0.392 e. The largest absolute Gasteiger partial charge is 0.392 e. The zero-order valence-corrected chi connectivity index (χ0v) is 24.0. The average molecular weight is 577 g/mol. The van der Waals surface area contributed by atoms with Gasteiger partial charge in [-0.1, -0.05) is 96.8 Å². The van der Waals surface area contributed by atoms with Crippen LogP contribution in [0.2, 0.25) is 0 Å². The van der Waals surface area contributed by atoms with Crippen LogP contribution in [-0.4, -0.2) is 33.2 Å². The van der Waals surface area contributed by atoms with Crippen molar-refractivity contribution in [3.05, 3.63) is 106 Å². The molecule has 0 spiro atoms. The molecule has 4 atom stereocenters. The van der Waals surface area contributed by atoms with Crippen LogP contribution in [0.15, 0.2) is 83.2 Å². The van der Waals surface area contributed by atoms with Gasteiger partial charge in [0.25, 0.3) is 0 Å². The van der Waals surface area contributed by atoms with Gasteiger partial charge >= 0.3 is 6.03 Å². The second kappa shape index (κ2) is 13.4. The molecular weight excluding hydrogens is 544 g/mol. The number of rotatable bonds is 9. The van der Waals surface area contributed by atoms with Gasteiger partial charge in [-0.3, -0.25) is 0 Å². The fourth-order valence-corrected chi connectivity index (χ4v) is 6.48. The molecule has 10 heteroatoms. The van der Waals surface area contributed by atoms with E-state index in [-0.39, 0.29) is 30.8 Å². The summed E-state index contributed by atoms with van der Waals surface area (Å²) in [5.74, 6) is 0.786. The molecule has 1 aliphatic heterocycles. The average Bonchev–Trinajstić information content (AvgIpc) is 3.41. The summed E-state index contributed by atoms with van der Waals surface area (Å²) in [5.41, 5.74) is 4.46. The van der Waals surface area contributed by atoms with Crippen molar-refractivity contribution < 1.29 is 19.4 Å². The molecule has 0 bridgehead atoms. The van der Waals surface area contributed by atoms with Crippen LogP contribution in [0, 0.1) is 12.8 Å². The molecular formula is C30H32N4O4S2. The topological polar surface area (TPSA) is 106 Å². The molecule has 4 aromatic rings. The summed E-state index contributed by atoms with van der Waals surface area (Å²) in [6.45, 7) is 4.53. The molecule has 1 aromatic heterocycles. The molecule has 1 aliphatic rings. The third-order valence-corrected chi connectivity index (χ3v) is 8.80. The van der Waals surface area contributed by atoms with Gasteiger partial charge in [0, 0.05) is 29.5 Å². The number of aromatic nitrogens is 2. The number of aliphatic hydroxyl groups is 1. The van der Waals surface area contributed by atoms with Crippen molar-refractivity contribution >= 4 is 34.8 Å². The SMILES string of the molecule is Cc1nnc(SCC2OC(c3ccc(NC(=O)NCc4ccccc4)cc3)OC(c3ccc(CO)cc3)C2C)s1. The number of carbonyl (C=O) groups is 1. The van der Waals surface area contributed by atoms with E-state index in [2.05, 4.69) is 27.8 Å². The van der Waals surface area contributed by atoms with Crippen molar-refractivity contribution in [2.24, 2.45) is 5.92 Å². The molecule has 3 aromatic carbocycles. The molecule has 5 rings (SSSR count). The van der Waals surface area contributed by atoms with Crippen LogP contribution in [-0.2, 0) is 22.6 Å². The highest BCUT2D eigenvalue weighted by atomic mass is 32.2. The molecule has 0 radical (unpaired) electrons. The number of hydrogen-bond acceptors (Lipinski definition) is 8. The lowest BCUT2D eigenvalue weighted by Gasteiger charge is -2.41. The van der Waals surface area contributed by atoms with Crippen molar-refractivity contribution in [2.75, 3.05) is 11.1 Å². The molecule has 4 unspecified atom stereocenters. The lowest BCUT2D eigenvalue weighted by Crippen LogP contribution is -2.38. The zero-order chi connectivity index (χ0) is 27.9. The number of aliphatic hydroxyl groups excluding tert-OH is 1. The lowest BCUT2D eigenvalue weighted by molar-refractivity contribution is -0.268. The van der Waals surface area contributed by atoms with Crippen molar-refractivity contribution in [3.8, 4) is 0 Å². The number of aryl methyl sites for hydroxylation is 1. The first kappa shape index (κ1) is 28.3. The van der Waals surface area contributed by atoms with Crippen LogP contribution in [0.25, 0.3) is 0 Å². The third kappa shape index (κ3) is 7.26. The number of amides is 2. The standard InChI is InChI=1S/C30H32N4O4S2/c1-19-26(18-39-30-34-33-20(2)40-30)37-28(38-27(19)23-10-8-22(17-35)9-11-23)24-12-14-25(15-13-24)32-29(36)31-16-21-6-4-3-5-7-21/h3-15,19,26-28,35H,16-18H2,1-2H3,(H2,31,32,36). The molecule has 40 heavy (non-hydrogen) atoms. The van der Waals surface area contributed by atoms with Gasteiger partial charge in [0.2, 0.25) is 0 Å². The summed E-state index contributed by atoms with van der Waals surface area (Å²) in [5, 5.41) is 24.5. The van der Waals surface area contributed by atoms with E-state index in [9.17, 15) is 9.90 Å². The Morgan fingerprint density at radius 3 is 2.35 bits per heavy atom. The highest BCUT2D eigenvalue weighted by molar-refractivity contribution is 8.01. The molecule has 3 N–H and O–H groups in total. The molecule has 2 amide bonds. The smallest absolute Gasteiger partial charge is 0.319 e. The van der Waals surface area contributed by atoms with E-state index in [0.717, 1.165) is 31.6 Å². The fourth-order valence-electron chi connectivity index (χ4n) is 4.48. The first-order chi connectivity index (χ1) is 19.5. The second-order valence-electron chi connectivity index (χ2n) is 9.64. The Morgan fingerprint density at radius 2 is 1.68 bits per heavy atom. The number of anilines is 1. The minimum atomic E-state index is -0.582. The summed E-state index contributed by atoms with van der Waals surface area (Å²) in [7, 11) is 0. The van der Waals surface area contributed by atoms with Crippen LogP contribution in [0.5, 0.6) is 0 Å². The maximum Gasteiger partial charge on any atom is 0.319 e. The third-order valence-electron chi connectivity index (χ3n) is 6.74. The van der Waals surface area contributed by atoms with Crippen LogP contribution in [0.1, 0.15) is 46.6 Å². The van der Waals surface area contributed by atoms with E-state index >= 15 is 0 Å². The number of thioether (sulfide) groups is 1. The number of urea groups is 1. The Hall–Kier alpha value is -3.28. The van der Waals surface area contributed by atoms with Crippen LogP contribution >= 0.6 is 23.1 Å². The van der Waals surface area contributed by atoms with Gasteiger partial charge in [-0.05, 0) is 35.7 Å². The number of ether oxygens (including phenoxy) is 2. The first-order valence-corrected chi connectivity index (χ1v) is 14.9. The first-order valence-electron chi connectivity index (χ1n) is 13.1. The number of benzene rings is 3. The van der Waals surface area contributed by atoms with E-state index in [0.29, 0.717) is 18.0 Å². The van der Waals surface area contributed by atoms with E-state index in [4.69, 9.17) is 9.47 Å². The van der Waals surface area contributed by atoms with E-state index in [1.807, 2.05) is 85.8 Å². The zero-order valence-electron chi connectivity index (χ0n) is 22.3. The number of nitrogens with one attached hydrogen (secondary N) is 2. The van der Waals surface area contributed by atoms with Gasteiger partial charge in [0.1, 0.15) is 5.01 Å². The summed E-state index contributed by atoms with van der Waals surface area (Å²) in [4.78, 5) is 12.4. The summed E-state index contributed by atoms with van der Waals surface area (Å²) >= 11 is 3.22. The predicted octanol–water partition coefficient (Wildman–Crippen LogP) is 6.24. The molecule has 1 fully saturated rings. The second-order valence-corrected chi connectivity index (χ2v) is 12.1. The van der Waals surface area contributed by atoms with E-state index < -0.39 is 6.29 Å². The highest BCUT2D eigenvalue weighted by Crippen LogP contribution is 2.43. The Balaban J connectivity index is 1.27. The molecule has 1 saturated heterocycles. The molecule has 208 valence electrons. The maximum absolute atomic E-state index is 12.4. The normalized spacial score (nSPS) is 20.7. The van der Waals surface area contributed by atoms with Crippen LogP contribution in [0.4, 0.5) is 10.5 Å². The van der Waals surface area contributed by atoms with Crippen molar-refractivity contribution in [1.29, 1.82) is 0 Å². The molecule has 2 heterocycles. The van der Waals surface area contributed by atoms with Crippen molar-refractivity contribution in [3.63, 3.8) is 0 Å². The monoisotopic (exact) mass is 576 g/mol. The number of hydrogen-bond donors (Lipinski definition) is 3. The summed E-state index contributed by atoms with van der Waals surface area (Å²) in [6, 6.07) is 24.9. The number of nitrogens with zero attached hydrogens (tertiary/aromatic N) is 2. The fraction of sp³-hybridized carbons (Fsp3) is 0.300. The van der Waals surface area contributed by atoms with Crippen LogP contribution in [0.3, 0.4) is 0 Å². The quantitative estimate of drug-likeness (QED) is 0.202. The van der Waals surface area contributed by atoms with Gasteiger partial charge in [-0.15, -0.1) is 10.2 Å². The van der Waals surface area contributed by atoms with Crippen molar-refractivity contribution in [2.45, 2.75) is 49.8 Å². The Morgan fingerprint density at radius 1 is 0.950 bits per heavy atom. The lowest BCUT2D eigenvalue weighted by atomic mass is 9.91. The molecule has 0 aliphatic carbocycles. The summed E-state index contributed by atoms with van der Waals surface area (Å²) < 4.78 is 13.9. The Labute approximate surface area is 242 Å². The molecule has 0 saturated carbocycles. The molecule has 8 nitrogen and oxygen atoms in total. The minimum absolute atomic E-state index is 0.00170. The predicted molar refractivity (Wildman–Crippen MR) is 157 cm³/mol. The van der Waals surface area contributed by atoms with Crippen molar-refractivity contribution in [1.82, 2.24) is 15.5 Å². The Bertz CT molecular complexity index is 1380. The maximum atomic E-state index is 12.4. The van der Waals surface area contributed by atoms with Gasteiger partial charge in [-0.25, -0.2) is 4.79 Å². The highest BCUT2D eigenvalue weighted by Gasteiger charge is 2.38. The number of carbonyl (C=O) groups excluding carboxylic acids is 1.